The second kappa shape index (κ2) is 5.35. The highest BCUT2D eigenvalue weighted by atomic mass is 16.6. The standard InChI is InChI=1S/C16H21NO3/c1-2-19-15(18)17-10-7-16(8-11-17)9-12-20-14-6-4-3-5-13(14)16/h3-6H,2,7-12H2,1H3. The summed E-state index contributed by atoms with van der Waals surface area (Å²) in [5, 5.41) is 0. The van der Waals surface area contributed by atoms with Gasteiger partial charge in [-0.15, -0.1) is 0 Å². The van der Waals surface area contributed by atoms with E-state index < -0.39 is 0 Å². The van der Waals surface area contributed by atoms with Crippen molar-refractivity contribution in [1.82, 2.24) is 4.90 Å². The fourth-order valence-corrected chi connectivity index (χ4v) is 3.37. The molecule has 0 aromatic heterocycles. The lowest BCUT2D eigenvalue weighted by atomic mass is 9.69. The van der Waals surface area contributed by atoms with Crippen LogP contribution in [0.25, 0.3) is 0 Å². The summed E-state index contributed by atoms with van der Waals surface area (Å²) in [7, 11) is 0. The molecule has 1 fully saturated rings. The summed E-state index contributed by atoms with van der Waals surface area (Å²) in [6.07, 6.45) is 2.85. The zero-order valence-corrected chi connectivity index (χ0v) is 11.9. The van der Waals surface area contributed by atoms with Crippen molar-refractivity contribution in [3.63, 3.8) is 0 Å². The zero-order chi connectivity index (χ0) is 14.0. The number of nitrogens with zero attached hydrogens (tertiary/aromatic N) is 1. The molecule has 4 nitrogen and oxygen atoms in total. The highest BCUT2D eigenvalue weighted by molar-refractivity contribution is 5.67. The van der Waals surface area contributed by atoms with Crippen LogP contribution in [-0.4, -0.2) is 37.3 Å². The van der Waals surface area contributed by atoms with E-state index in [4.69, 9.17) is 9.47 Å². The Hall–Kier alpha value is -1.71. The molecule has 108 valence electrons. The van der Waals surface area contributed by atoms with Gasteiger partial charge in [0.1, 0.15) is 5.75 Å². The maximum absolute atomic E-state index is 11.8. The molecule has 1 spiro atoms. The van der Waals surface area contributed by atoms with Gasteiger partial charge >= 0.3 is 6.09 Å². The molecule has 0 N–H and O–H groups in total. The van der Waals surface area contributed by atoms with Gasteiger partial charge < -0.3 is 14.4 Å². The number of para-hydroxylation sites is 1. The molecule has 0 unspecified atom stereocenters. The van der Waals surface area contributed by atoms with Gasteiger partial charge in [-0.25, -0.2) is 4.79 Å². The molecule has 3 rings (SSSR count). The molecule has 0 radical (unpaired) electrons. The van der Waals surface area contributed by atoms with Crippen molar-refractivity contribution in [3.05, 3.63) is 29.8 Å². The number of carbonyl (C=O) groups excluding carboxylic acids is 1. The fraction of sp³-hybridized carbons (Fsp3) is 0.562. The Bertz CT molecular complexity index is 492. The third-order valence-corrected chi connectivity index (χ3v) is 4.54. The van der Waals surface area contributed by atoms with E-state index in [-0.39, 0.29) is 11.5 Å². The van der Waals surface area contributed by atoms with Gasteiger partial charge in [-0.2, -0.15) is 0 Å². The number of hydrogen-bond donors (Lipinski definition) is 0. The number of carbonyl (C=O) groups is 1. The molecule has 1 saturated heterocycles. The smallest absolute Gasteiger partial charge is 0.409 e. The molecule has 0 aliphatic carbocycles. The van der Waals surface area contributed by atoms with E-state index >= 15 is 0 Å². The molecular weight excluding hydrogens is 254 g/mol. The van der Waals surface area contributed by atoms with Gasteiger partial charge in [-0.3, -0.25) is 0 Å². The normalized spacial score (nSPS) is 20.1. The Balaban J connectivity index is 1.76. The number of ether oxygens (including phenoxy) is 2. The first-order valence-electron chi connectivity index (χ1n) is 7.39. The zero-order valence-electron chi connectivity index (χ0n) is 11.9. The molecule has 20 heavy (non-hydrogen) atoms. The molecule has 0 saturated carbocycles. The van der Waals surface area contributed by atoms with Crippen LogP contribution in [0.2, 0.25) is 0 Å². The molecule has 0 bridgehead atoms. The lowest BCUT2D eigenvalue weighted by molar-refractivity contribution is 0.0765. The van der Waals surface area contributed by atoms with Gasteiger partial charge in [-0.05, 0) is 32.3 Å². The lowest BCUT2D eigenvalue weighted by Gasteiger charge is -2.44. The van der Waals surface area contributed by atoms with Gasteiger partial charge in [0.15, 0.2) is 0 Å². The predicted octanol–water partition coefficient (Wildman–Crippen LogP) is 2.96. The molecule has 0 atom stereocenters. The fourth-order valence-electron chi connectivity index (χ4n) is 3.37. The average Bonchev–Trinajstić information content (AvgIpc) is 2.49. The van der Waals surface area contributed by atoms with Crippen LogP contribution in [0.15, 0.2) is 24.3 Å². The largest absolute Gasteiger partial charge is 0.493 e. The van der Waals surface area contributed by atoms with Crippen LogP contribution >= 0.6 is 0 Å². The summed E-state index contributed by atoms with van der Waals surface area (Å²) < 4.78 is 10.8. The minimum atomic E-state index is -0.178. The van der Waals surface area contributed by atoms with Crippen LogP contribution in [0.3, 0.4) is 0 Å². The number of amides is 1. The van der Waals surface area contributed by atoms with Crippen molar-refractivity contribution >= 4 is 6.09 Å². The van der Waals surface area contributed by atoms with E-state index in [1.54, 1.807) is 0 Å². The molecular formula is C16H21NO3. The van der Waals surface area contributed by atoms with Gasteiger partial charge in [0.25, 0.3) is 0 Å². The van der Waals surface area contributed by atoms with Crippen molar-refractivity contribution in [1.29, 1.82) is 0 Å². The van der Waals surface area contributed by atoms with Crippen molar-refractivity contribution in [2.45, 2.75) is 31.6 Å². The first-order valence-corrected chi connectivity index (χ1v) is 7.39. The number of piperidine rings is 1. The van der Waals surface area contributed by atoms with E-state index in [2.05, 4.69) is 12.1 Å². The van der Waals surface area contributed by atoms with Crippen molar-refractivity contribution in [2.24, 2.45) is 0 Å². The minimum Gasteiger partial charge on any atom is -0.493 e. The van der Waals surface area contributed by atoms with Gasteiger partial charge in [0, 0.05) is 24.1 Å². The predicted molar refractivity (Wildman–Crippen MR) is 76.1 cm³/mol. The van der Waals surface area contributed by atoms with Crippen LogP contribution in [0, 0.1) is 0 Å². The second-order valence-electron chi connectivity index (χ2n) is 5.56. The lowest BCUT2D eigenvalue weighted by Crippen LogP contribution is -2.47. The van der Waals surface area contributed by atoms with Gasteiger partial charge in [0.05, 0.1) is 13.2 Å². The summed E-state index contributed by atoms with van der Waals surface area (Å²) >= 11 is 0. The van der Waals surface area contributed by atoms with Crippen LogP contribution in [0.5, 0.6) is 5.75 Å². The molecule has 4 heteroatoms. The summed E-state index contributed by atoms with van der Waals surface area (Å²) in [4.78, 5) is 13.6. The van der Waals surface area contributed by atoms with Crippen LogP contribution in [0.4, 0.5) is 4.79 Å². The Morgan fingerprint density at radius 1 is 1.30 bits per heavy atom. The topological polar surface area (TPSA) is 38.8 Å². The van der Waals surface area contributed by atoms with Crippen molar-refractivity contribution in [2.75, 3.05) is 26.3 Å². The number of fused-ring (bicyclic) bond motifs is 2. The Morgan fingerprint density at radius 2 is 2.05 bits per heavy atom. The second-order valence-corrected chi connectivity index (χ2v) is 5.56. The van der Waals surface area contributed by atoms with Gasteiger partial charge in [-0.1, -0.05) is 18.2 Å². The molecule has 1 aromatic carbocycles. The van der Waals surface area contributed by atoms with Crippen molar-refractivity contribution < 1.29 is 14.3 Å². The van der Waals surface area contributed by atoms with E-state index in [1.165, 1.54) is 5.56 Å². The molecule has 2 heterocycles. The van der Waals surface area contributed by atoms with Crippen LogP contribution in [0.1, 0.15) is 31.7 Å². The van der Waals surface area contributed by atoms with Gasteiger partial charge in [0.2, 0.25) is 0 Å². The third-order valence-electron chi connectivity index (χ3n) is 4.54. The number of likely N-dealkylation sites (tertiary alicyclic amines) is 1. The maximum Gasteiger partial charge on any atom is 0.409 e. The van der Waals surface area contributed by atoms with Crippen molar-refractivity contribution in [3.8, 4) is 5.75 Å². The maximum atomic E-state index is 11.8. The monoisotopic (exact) mass is 275 g/mol. The molecule has 1 aromatic rings. The van der Waals surface area contributed by atoms with E-state index in [9.17, 15) is 4.79 Å². The number of rotatable bonds is 1. The van der Waals surface area contributed by atoms with E-state index in [1.807, 2.05) is 24.0 Å². The SMILES string of the molecule is CCOC(=O)N1CCC2(CCOc3ccccc32)CC1. The highest BCUT2D eigenvalue weighted by Gasteiger charge is 2.41. The average molecular weight is 275 g/mol. The van der Waals surface area contributed by atoms with Crippen LogP contribution < -0.4 is 4.74 Å². The third kappa shape index (κ3) is 2.23. The summed E-state index contributed by atoms with van der Waals surface area (Å²) in [6, 6.07) is 8.32. The molecule has 1 amide bonds. The number of benzene rings is 1. The van der Waals surface area contributed by atoms with E-state index in [0.29, 0.717) is 6.61 Å². The van der Waals surface area contributed by atoms with Crippen LogP contribution in [-0.2, 0) is 10.2 Å². The first-order chi connectivity index (χ1) is 9.75. The quantitative estimate of drug-likeness (QED) is 0.791. The van der Waals surface area contributed by atoms with E-state index in [0.717, 1.165) is 44.7 Å². The minimum absolute atomic E-state index is 0.178. The molecule has 2 aliphatic rings. The summed E-state index contributed by atoms with van der Waals surface area (Å²) in [6.45, 7) is 4.60. The highest BCUT2D eigenvalue weighted by Crippen LogP contribution is 2.45. The molecule has 2 aliphatic heterocycles. The Labute approximate surface area is 119 Å². The summed E-state index contributed by atoms with van der Waals surface area (Å²) in [5.41, 5.74) is 1.49. The number of hydrogen-bond acceptors (Lipinski definition) is 3. The Morgan fingerprint density at radius 3 is 2.80 bits per heavy atom. The first kappa shape index (κ1) is 13.3. The Kier molecular flexibility index (Phi) is 3.55. The summed E-state index contributed by atoms with van der Waals surface area (Å²) in [5.74, 6) is 1.02.